The molecule has 15 heavy (non-hydrogen) atoms. The van der Waals surface area contributed by atoms with E-state index >= 15 is 0 Å². The number of nitrogens with zero attached hydrogens (tertiary/aromatic N) is 3. The molecule has 0 radical (unpaired) electrons. The van der Waals surface area contributed by atoms with Crippen molar-refractivity contribution in [1.29, 1.82) is 0 Å². The van der Waals surface area contributed by atoms with Gasteiger partial charge in [0.05, 0.1) is 26.0 Å². The van der Waals surface area contributed by atoms with E-state index in [2.05, 4.69) is 15.0 Å². The van der Waals surface area contributed by atoms with E-state index in [9.17, 15) is 4.79 Å². The Morgan fingerprint density at radius 1 is 1.67 bits per heavy atom. The average Bonchev–Trinajstić information content (AvgIpc) is 2.62. The van der Waals surface area contributed by atoms with Crippen LogP contribution in [0.2, 0.25) is 0 Å². The first-order valence-electron chi connectivity index (χ1n) is 4.56. The molecule has 0 spiro atoms. The summed E-state index contributed by atoms with van der Waals surface area (Å²) in [5.41, 5.74) is 6.17. The molecule has 1 aromatic heterocycles. The van der Waals surface area contributed by atoms with Crippen molar-refractivity contribution in [2.24, 2.45) is 5.73 Å². The minimum Gasteiger partial charge on any atom is -0.464 e. The summed E-state index contributed by atoms with van der Waals surface area (Å²) in [5, 5.41) is 16.2. The van der Waals surface area contributed by atoms with E-state index in [1.54, 1.807) is 0 Å². The highest BCUT2D eigenvalue weighted by Crippen LogP contribution is 2.07. The van der Waals surface area contributed by atoms with Crippen LogP contribution in [0, 0.1) is 0 Å². The van der Waals surface area contributed by atoms with Crippen LogP contribution in [0.1, 0.15) is 16.2 Å². The predicted molar refractivity (Wildman–Crippen MR) is 51.2 cm³/mol. The number of carbonyl (C=O) groups excluding carboxylic acids is 1. The molecule has 0 atom stereocenters. The van der Waals surface area contributed by atoms with Crippen molar-refractivity contribution in [3.63, 3.8) is 0 Å². The molecule has 1 heterocycles. The van der Waals surface area contributed by atoms with E-state index in [1.165, 1.54) is 11.8 Å². The Bertz CT molecular complexity index is 337. The van der Waals surface area contributed by atoms with Crippen LogP contribution >= 0.6 is 0 Å². The van der Waals surface area contributed by atoms with Crippen LogP contribution in [0.3, 0.4) is 0 Å². The molecule has 0 aliphatic heterocycles. The van der Waals surface area contributed by atoms with Crippen LogP contribution in [0.5, 0.6) is 0 Å². The molecular weight excluding hydrogens is 200 g/mol. The van der Waals surface area contributed by atoms with Gasteiger partial charge in [-0.2, -0.15) is 0 Å². The van der Waals surface area contributed by atoms with Crippen molar-refractivity contribution in [2.45, 2.75) is 13.0 Å². The summed E-state index contributed by atoms with van der Waals surface area (Å²) in [6.07, 6.45) is 0.470. The highest BCUT2D eigenvalue weighted by atomic mass is 16.5. The maximum atomic E-state index is 11.3. The van der Waals surface area contributed by atoms with Crippen LogP contribution in [-0.4, -0.2) is 46.3 Å². The molecule has 84 valence electrons. The molecule has 0 amide bonds. The van der Waals surface area contributed by atoms with Gasteiger partial charge in [0.25, 0.3) is 0 Å². The summed E-state index contributed by atoms with van der Waals surface area (Å²) >= 11 is 0. The third-order valence-corrected chi connectivity index (χ3v) is 1.91. The normalized spacial score (nSPS) is 10.3. The standard InChI is InChI=1S/C8H14N4O3/c1-15-8(14)7-6(2-3-9)12(4-5-13)11-10-7/h13H,2-5,9H2,1H3. The van der Waals surface area contributed by atoms with Crippen molar-refractivity contribution in [2.75, 3.05) is 20.3 Å². The molecule has 0 saturated carbocycles. The lowest BCUT2D eigenvalue weighted by molar-refractivity contribution is 0.0592. The van der Waals surface area contributed by atoms with E-state index in [0.717, 1.165) is 0 Å². The van der Waals surface area contributed by atoms with Gasteiger partial charge >= 0.3 is 5.97 Å². The molecule has 0 aliphatic carbocycles. The molecule has 7 heteroatoms. The van der Waals surface area contributed by atoms with Gasteiger partial charge in [-0.05, 0) is 6.54 Å². The molecule has 1 rings (SSSR count). The highest BCUT2D eigenvalue weighted by molar-refractivity contribution is 5.88. The minimum absolute atomic E-state index is 0.0679. The first-order chi connectivity index (χ1) is 7.24. The molecule has 7 nitrogen and oxygen atoms in total. The zero-order valence-corrected chi connectivity index (χ0v) is 8.51. The number of aliphatic hydroxyl groups is 1. The van der Waals surface area contributed by atoms with E-state index in [-0.39, 0.29) is 12.3 Å². The summed E-state index contributed by atoms with van der Waals surface area (Å²) in [4.78, 5) is 11.3. The molecule has 1 aromatic rings. The molecular formula is C8H14N4O3. The molecule has 0 aliphatic rings. The number of aromatic nitrogens is 3. The van der Waals surface area contributed by atoms with E-state index in [0.29, 0.717) is 25.2 Å². The van der Waals surface area contributed by atoms with Crippen molar-refractivity contribution >= 4 is 5.97 Å². The van der Waals surface area contributed by atoms with Crippen molar-refractivity contribution in [3.8, 4) is 0 Å². The minimum atomic E-state index is -0.539. The number of nitrogens with two attached hydrogens (primary N) is 1. The lowest BCUT2D eigenvalue weighted by Crippen LogP contribution is -2.15. The maximum Gasteiger partial charge on any atom is 0.360 e. The van der Waals surface area contributed by atoms with Crippen molar-refractivity contribution in [1.82, 2.24) is 15.0 Å². The van der Waals surface area contributed by atoms with Crippen LogP contribution in [0.4, 0.5) is 0 Å². The number of methoxy groups -OCH3 is 1. The smallest absolute Gasteiger partial charge is 0.360 e. The fourth-order valence-electron chi connectivity index (χ4n) is 1.25. The number of hydrogen-bond donors (Lipinski definition) is 2. The Balaban J connectivity index is 2.99. The van der Waals surface area contributed by atoms with Gasteiger partial charge in [0.1, 0.15) is 0 Å². The quantitative estimate of drug-likeness (QED) is 0.582. The third-order valence-electron chi connectivity index (χ3n) is 1.91. The Hall–Kier alpha value is -1.47. The fourth-order valence-corrected chi connectivity index (χ4v) is 1.25. The largest absolute Gasteiger partial charge is 0.464 e. The SMILES string of the molecule is COC(=O)c1nnn(CCO)c1CCN. The second-order valence-electron chi connectivity index (χ2n) is 2.86. The van der Waals surface area contributed by atoms with Crippen molar-refractivity contribution < 1.29 is 14.6 Å². The van der Waals surface area contributed by atoms with Gasteiger partial charge in [-0.25, -0.2) is 9.48 Å². The molecule has 0 saturated heterocycles. The first-order valence-corrected chi connectivity index (χ1v) is 4.56. The third kappa shape index (κ3) is 2.51. The summed E-state index contributed by atoms with van der Waals surface area (Å²) in [6.45, 7) is 0.601. The van der Waals surface area contributed by atoms with Gasteiger partial charge in [-0.15, -0.1) is 5.10 Å². The second-order valence-corrected chi connectivity index (χ2v) is 2.86. The summed E-state index contributed by atoms with van der Waals surface area (Å²) in [6, 6.07) is 0. The summed E-state index contributed by atoms with van der Waals surface area (Å²) in [7, 11) is 1.28. The lowest BCUT2D eigenvalue weighted by atomic mass is 10.2. The number of hydrogen-bond acceptors (Lipinski definition) is 6. The van der Waals surface area contributed by atoms with E-state index < -0.39 is 5.97 Å². The van der Waals surface area contributed by atoms with Gasteiger partial charge in [-0.3, -0.25) is 0 Å². The average molecular weight is 214 g/mol. The lowest BCUT2D eigenvalue weighted by Gasteiger charge is -2.04. The molecule has 0 fully saturated rings. The Morgan fingerprint density at radius 2 is 2.40 bits per heavy atom. The predicted octanol–water partition coefficient (Wildman–Crippen LogP) is -1.44. The zero-order chi connectivity index (χ0) is 11.3. The van der Waals surface area contributed by atoms with Crippen molar-refractivity contribution in [3.05, 3.63) is 11.4 Å². The Morgan fingerprint density at radius 3 is 2.93 bits per heavy atom. The topological polar surface area (TPSA) is 103 Å². The number of esters is 1. The maximum absolute atomic E-state index is 11.3. The Kier molecular flexibility index (Phi) is 4.19. The summed E-state index contributed by atoms with van der Waals surface area (Å²) < 4.78 is 6.01. The van der Waals surface area contributed by atoms with Crippen LogP contribution in [-0.2, 0) is 17.7 Å². The monoisotopic (exact) mass is 214 g/mol. The number of ether oxygens (including phenoxy) is 1. The first kappa shape index (κ1) is 11.6. The number of rotatable bonds is 5. The van der Waals surface area contributed by atoms with Gasteiger partial charge in [-0.1, -0.05) is 5.21 Å². The molecule has 3 N–H and O–H groups in total. The molecule has 0 bridgehead atoms. The Labute approximate surface area is 86.8 Å². The fraction of sp³-hybridized carbons (Fsp3) is 0.625. The van der Waals surface area contributed by atoms with Gasteiger partial charge in [0.2, 0.25) is 0 Å². The second kappa shape index (κ2) is 5.42. The molecule has 0 aromatic carbocycles. The van der Waals surface area contributed by atoms with Gasteiger partial charge in [0, 0.05) is 6.42 Å². The molecule has 0 unspecified atom stereocenters. The van der Waals surface area contributed by atoms with E-state index in [4.69, 9.17) is 10.8 Å². The van der Waals surface area contributed by atoms with Crippen LogP contribution < -0.4 is 5.73 Å². The van der Waals surface area contributed by atoms with Crippen LogP contribution in [0.15, 0.2) is 0 Å². The number of carbonyl (C=O) groups is 1. The zero-order valence-electron chi connectivity index (χ0n) is 8.51. The van der Waals surface area contributed by atoms with Crippen LogP contribution in [0.25, 0.3) is 0 Å². The van der Waals surface area contributed by atoms with Gasteiger partial charge in [0.15, 0.2) is 5.69 Å². The highest BCUT2D eigenvalue weighted by Gasteiger charge is 2.19. The summed E-state index contributed by atoms with van der Waals surface area (Å²) in [5.74, 6) is -0.539. The number of aliphatic hydroxyl groups excluding tert-OH is 1. The van der Waals surface area contributed by atoms with Gasteiger partial charge < -0.3 is 15.6 Å². The van der Waals surface area contributed by atoms with E-state index in [1.807, 2.05) is 0 Å².